The Morgan fingerprint density at radius 1 is 1.15 bits per heavy atom. The molecular formula is C23H24N2OS. The van der Waals surface area contributed by atoms with E-state index < -0.39 is 0 Å². The summed E-state index contributed by atoms with van der Waals surface area (Å²) < 4.78 is 5.77. The van der Waals surface area contributed by atoms with E-state index in [-0.39, 0.29) is 0 Å². The van der Waals surface area contributed by atoms with Crippen LogP contribution in [0.1, 0.15) is 45.2 Å². The quantitative estimate of drug-likeness (QED) is 0.655. The van der Waals surface area contributed by atoms with Crippen LogP contribution in [0.2, 0.25) is 0 Å². The molecule has 0 fully saturated rings. The molecule has 2 aromatic carbocycles. The summed E-state index contributed by atoms with van der Waals surface area (Å²) in [6.45, 7) is 5.21. The second kappa shape index (κ2) is 7.10. The summed E-state index contributed by atoms with van der Waals surface area (Å²) >= 11 is 1.89. The van der Waals surface area contributed by atoms with E-state index >= 15 is 0 Å². The number of hydrogen-bond donors (Lipinski definition) is 0. The lowest BCUT2D eigenvalue weighted by atomic mass is 10.0. The third-order valence-corrected chi connectivity index (χ3v) is 6.84. The van der Waals surface area contributed by atoms with Crippen LogP contribution in [0.25, 0.3) is 0 Å². The highest BCUT2D eigenvalue weighted by Crippen LogP contribution is 2.34. The van der Waals surface area contributed by atoms with Crippen molar-refractivity contribution < 1.29 is 4.74 Å². The Labute approximate surface area is 164 Å². The number of thiazole rings is 1. The Hall–Kier alpha value is -2.17. The molecule has 0 aliphatic carbocycles. The van der Waals surface area contributed by atoms with E-state index in [2.05, 4.69) is 60.4 Å². The van der Waals surface area contributed by atoms with E-state index in [1.54, 1.807) is 0 Å². The molecule has 27 heavy (non-hydrogen) atoms. The van der Waals surface area contributed by atoms with Gasteiger partial charge in [-0.05, 0) is 29.7 Å². The number of ether oxygens (including phenoxy) is 1. The highest BCUT2D eigenvalue weighted by atomic mass is 32.1. The highest BCUT2D eigenvalue weighted by Gasteiger charge is 2.25. The Kier molecular flexibility index (Phi) is 4.46. The van der Waals surface area contributed by atoms with E-state index in [9.17, 15) is 0 Å². The number of nitrogens with zero attached hydrogens (tertiary/aromatic N) is 2. The fourth-order valence-corrected chi connectivity index (χ4v) is 5.27. The van der Waals surface area contributed by atoms with Crippen LogP contribution >= 0.6 is 11.3 Å². The first kappa shape index (κ1) is 17.0. The minimum absolute atomic E-state index is 0.396. The van der Waals surface area contributed by atoms with Crippen molar-refractivity contribution in [2.24, 2.45) is 0 Å². The first-order valence-corrected chi connectivity index (χ1v) is 10.6. The molecular weight excluding hydrogens is 352 g/mol. The maximum absolute atomic E-state index is 5.77. The van der Waals surface area contributed by atoms with Gasteiger partial charge in [-0.3, -0.25) is 4.90 Å². The summed E-state index contributed by atoms with van der Waals surface area (Å²) in [4.78, 5) is 8.95. The van der Waals surface area contributed by atoms with Crippen LogP contribution in [-0.2, 0) is 25.8 Å². The first-order valence-electron chi connectivity index (χ1n) is 9.77. The molecule has 1 unspecified atom stereocenters. The molecule has 2 aliphatic heterocycles. The van der Waals surface area contributed by atoms with Gasteiger partial charge in [0.2, 0.25) is 0 Å². The van der Waals surface area contributed by atoms with Gasteiger partial charge in [-0.15, -0.1) is 11.3 Å². The highest BCUT2D eigenvalue weighted by molar-refractivity contribution is 7.11. The maximum Gasteiger partial charge on any atom is 0.122 e. The van der Waals surface area contributed by atoms with Gasteiger partial charge in [-0.1, -0.05) is 42.5 Å². The van der Waals surface area contributed by atoms with E-state index in [4.69, 9.17) is 9.72 Å². The van der Waals surface area contributed by atoms with Gasteiger partial charge in [0.25, 0.3) is 0 Å². The minimum atomic E-state index is 0.396. The van der Waals surface area contributed by atoms with Gasteiger partial charge in [-0.2, -0.15) is 0 Å². The standard InChI is InChI=1S/C23H24N2OS/c1-16(19-8-7-18-10-12-26-21(18)14-19)25-11-9-20-22(15-25)27-23(24-20)13-17-5-3-2-4-6-17/h2-8,14,16H,9-13,15H2,1H3. The Morgan fingerprint density at radius 2 is 2.04 bits per heavy atom. The molecule has 0 bridgehead atoms. The maximum atomic E-state index is 5.77. The molecule has 1 atom stereocenters. The molecule has 0 spiro atoms. The van der Waals surface area contributed by atoms with Crippen LogP contribution in [0.5, 0.6) is 5.75 Å². The number of fused-ring (bicyclic) bond motifs is 2. The molecule has 0 saturated heterocycles. The van der Waals surface area contributed by atoms with Crippen LogP contribution in [0.4, 0.5) is 0 Å². The van der Waals surface area contributed by atoms with Crippen LogP contribution in [0, 0.1) is 0 Å². The summed E-state index contributed by atoms with van der Waals surface area (Å²) in [5.74, 6) is 1.08. The average molecular weight is 377 g/mol. The zero-order chi connectivity index (χ0) is 18.2. The molecule has 3 nitrogen and oxygen atoms in total. The molecule has 0 radical (unpaired) electrons. The van der Waals surface area contributed by atoms with Crippen LogP contribution in [0.3, 0.4) is 0 Å². The van der Waals surface area contributed by atoms with E-state index in [0.29, 0.717) is 6.04 Å². The minimum Gasteiger partial charge on any atom is -0.493 e. The van der Waals surface area contributed by atoms with Crippen LogP contribution in [0.15, 0.2) is 48.5 Å². The van der Waals surface area contributed by atoms with Gasteiger partial charge < -0.3 is 4.74 Å². The van der Waals surface area contributed by atoms with Crippen LogP contribution in [-0.4, -0.2) is 23.0 Å². The van der Waals surface area contributed by atoms with Crippen molar-refractivity contribution in [1.29, 1.82) is 0 Å². The van der Waals surface area contributed by atoms with Gasteiger partial charge in [0.1, 0.15) is 5.75 Å². The Morgan fingerprint density at radius 3 is 2.93 bits per heavy atom. The Balaban J connectivity index is 1.32. The van der Waals surface area contributed by atoms with Gasteiger partial charge in [0.15, 0.2) is 0 Å². The third kappa shape index (κ3) is 3.40. The molecule has 138 valence electrons. The second-order valence-corrected chi connectivity index (χ2v) is 8.67. The molecule has 3 heterocycles. The van der Waals surface area contributed by atoms with Crippen molar-refractivity contribution in [3.05, 3.63) is 80.8 Å². The molecule has 3 aromatic rings. The van der Waals surface area contributed by atoms with Crippen molar-refractivity contribution in [3.8, 4) is 5.75 Å². The smallest absolute Gasteiger partial charge is 0.122 e. The zero-order valence-electron chi connectivity index (χ0n) is 15.6. The SMILES string of the molecule is CC(c1ccc2c(c1)OCC2)N1CCc2nc(Cc3ccccc3)sc2C1. The lowest BCUT2D eigenvalue weighted by Gasteiger charge is -2.32. The average Bonchev–Trinajstić information content (AvgIpc) is 3.33. The van der Waals surface area contributed by atoms with Crippen molar-refractivity contribution >= 4 is 11.3 Å². The third-order valence-electron chi connectivity index (χ3n) is 5.75. The van der Waals surface area contributed by atoms with E-state index in [0.717, 1.165) is 44.7 Å². The molecule has 5 rings (SSSR count). The fourth-order valence-electron chi connectivity index (χ4n) is 4.10. The lowest BCUT2D eigenvalue weighted by molar-refractivity contribution is 0.193. The molecule has 2 aliphatic rings. The lowest BCUT2D eigenvalue weighted by Crippen LogP contribution is -2.32. The predicted octanol–water partition coefficient (Wildman–Crippen LogP) is 4.79. The number of hydrogen-bond acceptors (Lipinski definition) is 4. The van der Waals surface area contributed by atoms with Crippen molar-refractivity contribution in [2.75, 3.05) is 13.2 Å². The number of benzene rings is 2. The predicted molar refractivity (Wildman–Crippen MR) is 110 cm³/mol. The van der Waals surface area contributed by atoms with Crippen LogP contribution < -0.4 is 4.74 Å². The molecule has 0 saturated carbocycles. The summed E-state index contributed by atoms with van der Waals surface area (Å²) in [5, 5.41) is 1.24. The monoisotopic (exact) mass is 376 g/mol. The van der Waals surface area contributed by atoms with E-state index in [1.165, 1.54) is 32.3 Å². The van der Waals surface area contributed by atoms with Gasteiger partial charge in [-0.25, -0.2) is 4.98 Å². The Bertz CT molecular complexity index is 950. The fraction of sp³-hybridized carbons (Fsp3) is 0.348. The summed E-state index contributed by atoms with van der Waals surface area (Å²) in [7, 11) is 0. The normalized spacial score (nSPS) is 17.2. The molecule has 4 heteroatoms. The summed E-state index contributed by atoms with van der Waals surface area (Å²) in [5.41, 5.74) is 5.35. The molecule has 0 N–H and O–H groups in total. The zero-order valence-corrected chi connectivity index (χ0v) is 16.5. The largest absolute Gasteiger partial charge is 0.493 e. The number of aromatic nitrogens is 1. The van der Waals surface area contributed by atoms with Gasteiger partial charge in [0.05, 0.1) is 17.3 Å². The summed E-state index contributed by atoms with van der Waals surface area (Å²) in [6.07, 6.45) is 3.03. The van der Waals surface area contributed by atoms with Crippen molar-refractivity contribution in [2.45, 2.75) is 38.8 Å². The number of rotatable bonds is 4. The summed E-state index contributed by atoms with van der Waals surface area (Å²) in [6, 6.07) is 17.8. The van der Waals surface area contributed by atoms with Gasteiger partial charge >= 0.3 is 0 Å². The van der Waals surface area contributed by atoms with Gasteiger partial charge in [0, 0.05) is 43.3 Å². The first-order chi connectivity index (χ1) is 13.3. The van der Waals surface area contributed by atoms with Crippen molar-refractivity contribution in [3.63, 3.8) is 0 Å². The second-order valence-electron chi connectivity index (χ2n) is 7.50. The van der Waals surface area contributed by atoms with Crippen molar-refractivity contribution in [1.82, 2.24) is 9.88 Å². The van der Waals surface area contributed by atoms with E-state index in [1.807, 2.05) is 11.3 Å². The molecule has 1 aromatic heterocycles. The molecule has 0 amide bonds. The topological polar surface area (TPSA) is 25.4 Å².